The minimum atomic E-state index is -0.794. The number of nitrogens with zero attached hydrogens (tertiary/aromatic N) is 1. The van der Waals surface area contributed by atoms with Crippen LogP contribution in [0.2, 0.25) is 0 Å². The van der Waals surface area contributed by atoms with Gasteiger partial charge >= 0.3 is 0 Å². The van der Waals surface area contributed by atoms with E-state index in [0.29, 0.717) is 0 Å². The lowest BCUT2D eigenvalue weighted by atomic mass is 9.93. The van der Waals surface area contributed by atoms with Crippen molar-refractivity contribution in [2.45, 2.75) is 38.9 Å². The third-order valence-electron chi connectivity index (χ3n) is 2.34. The number of carbonyl (C=O) groups excluding carboxylic acids is 1. The molecule has 96 valence electrons. The van der Waals surface area contributed by atoms with Gasteiger partial charge in [-0.1, -0.05) is 20.8 Å². The molecule has 0 aliphatic carbocycles. The van der Waals surface area contributed by atoms with Crippen molar-refractivity contribution in [2.75, 3.05) is 14.2 Å². The second-order valence-corrected chi connectivity index (χ2v) is 5.77. The molecule has 0 spiro atoms. The number of methoxy groups -OCH3 is 2. The van der Waals surface area contributed by atoms with Crippen LogP contribution >= 0.6 is 11.3 Å². The molecule has 1 heterocycles. The lowest BCUT2D eigenvalue weighted by molar-refractivity contribution is -0.155. The summed E-state index contributed by atoms with van der Waals surface area (Å²) < 4.78 is 9.83. The van der Waals surface area contributed by atoms with Crippen LogP contribution in [-0.4, -0.2) is 31.3 Å². The van der Waals surface area contributed by atoms with Crippen LogP contribution in [0.1, 0.15) is 31.5 Å². The number of carbonyl (C=O) groups is 1. The van der Waals surface area contributed by atoms with Gasteiger partial charge in [0.15, 0.2) is 5.78 Å². The molecule has 0 aliphatic rings. The lowest BCUT2D eigenvalue weighted by Crippen LogP contribution is -2.26. The van der Waals surface area contributed by atoms with E-state index >= 15 is 0 Å². The van der Waals surface area contributed by atoms with Crippen molar-refractivity contribution in [2.24, 2.45) is 0 Å². The molecule has 0 saturated carbocycles. The third kappa shape index (κ3) is 3.87. The van der Waals surface area contributed by atoms with E-state index in [9.17, 15) is 4.79 Å². The first-order chi connectivity index (χ1) is 7.88. The molecule has 0 atom stereocenters. The Balaban J connectivity index is 2.70. The minimum absolute atomic E-state index is 0.0136. The van der Waals surface area contributed by atoms with Crippen LogP contribution in [0.5, 0.6) is 0 Å². The van der Waals surface area contributed by atoms with E-state index in [2.05, 4.69) is 25.8 Å². The molecule has 5 heteroatoms. The van der Waals surface area contributed by atoms with Gasteiger partial charge in [-0.25, -0.2) is 4.98 Å². The molecule has 0 amide bonds. The number of rotatable bonds is 5. The van der Waals surface area contributed by atoms with Gasteiger partial charge in [-0.05, 0) is 0 Å². The Morgan fingerprint density at radius 3 is 2.41 bits per heavy atom. The number of Topliss-reactive ketones (excluding diaryl/α,β-unsaturated/α-hetero) is 1. The van der Waals surface area contributed by atoms with E-state index in [1.807, 2.05) is 5.38 Å². The van der Waals surface area contributed by atoms with Crippen molar-refractivity contribution >= 4 is 17.1 Å². The fourth-order valence-electron chi connectivity index (χ4n) is 1.33. The molecule has 17 heavy (non-hydrogen) atoms. The Bertz CT molecular complexity index is 377. The highest BCUT2D eigenvalue weighted by Crippen LogP contribution is 2.24. The molecular formula is C12H19NO3S. The number of hydrogen-bond donors (Lipinski definition) is 0. The first kappa shape index (κ1) is 14.3. The first-order valence-corrected chi connectivity index (χ1v) is 6.29. The zero-order valence-electron chi connectivity index (χ0n) is 10.9. The Hall–Kier alpha value is -0.780. The van der Waals surface area contributed by atoms with Crippen molar-refractivity contribution in [3.8, 4) is 0 Å². The van der Waals surface area contributed by atoms with Crippen LogP contribution in [0, 0.1) is 0 Å². The average Bonchev–Trinajstić information content (AvgIpc) is 2.67. The van der Waals surface area contributed by atoms with Crippen LogP contribution in [0.25, 0.3) is 0 Å². The monoisotopic (exact) mass is 257 g/mol. The van der Waals surface area contributed by atoms with Gasteiger partial charge in [0, 0.05) is 25.0 Å². The molecule has 0 bridgehead atoms. The summed E-state index contributed by atoms with van der Waals surface area (Å²) in [4.78, 5) is 16.2. The fourth-order valence-corrected chi connectivity index (χ4v) is 2.36. The molecule has 0 radical (unpaired) electrons. The largest absolute Gasteiger partial charge is 0.349 e. The zero-order chi connectivity index (χ0) is 13.1. The van der Waals surface area contributed by atoms with Crippen LogP contribution in [0.4, 0.5) is 0 Å². The van der Waals surface area contributed by atoms with Gasteiger partial charge < -0.3 is 9.47 Å². The van der Waals surface area contributed by atoms with E-state index in [-0.39, 0.29) is 17.6 Å². The summed E-state index contributed by atoms with van der Waals surface area (Å²) >= 11 is 1.50. The highest BCUT2D eigenvalue weighted by Gasteiger charge is 2.21. The van der Waals surface area contributed by atoms with Crippen molar-refractivity contribution in [1.29, 1.82) is 0 Å². The predicted octanol–water partition coefficient (Wildman–Crippen LogP) is 2.17. The normalized spacial score (nSPS) is 12.1. The Labute approximate surface area is 106 Å². The summed E-state index contributed by atoms with van der Waals surface area (Å²) in [5.41, 5.74) is 1.02. The van der Waals surface area contributed by atoms with Crippen LogP contribution in [0.3, 0.4) is 0 Å². The summed E-state index contributed by atoms with van der Waals surface area (Å²) in [6.45, 7) is 6.29. The number of thiazole rings is 1. The van der Waals surface area contributed by atoms with E-state index in [0.717, 1.165) is 10.7 Å². The quantitative estimate of drug-likeness (QED) is 0.759. The Morgan fingerprint density at radius 2 is 2.00 bits per heavy atom. The molecule has 0 fully saturated rings. The number of aromatic nitrogens is 1. The standard InChI is InChI=1S/C12H19NO3S/c1-12(2,3)9-7-17-10(13-9)6-8(14)11(15-4)16-5/h7,11H,6H2,1-5H3. The van der Waals surface area contributed by atoms with E-state index in [4.69, 9.17) is 9.47 Å². The summed E-state index contributed by atoms with van der Waals surface area (Å²) in [6, 6.07) is 0. The highest BCUT2D eigenvalue weighted by molar-refractivity contribution is 7.09. The number of ketones is 1. The maximum absolute atomic E-state index is 11.8. The molecule has 0 unspecified atom stereocenters. The lowest BCUT2D eigenvalue weighted by Gasteiger charge is -2.14. The van der Waals surface area contributed by atoms with Crippen molar-refractivity contribution < 1.29 is 14.3 Å². The van der Waals surface area contributed by atoms with Crippen LogP contribution in [-0.2, 0) is 26.1 Å². The number of hydrogen-bond acceptors (Lipinski definition) is 5. The van der Waals surface area contributed by atoms with Gasteiger partial charge in [-0.15, -0.1) is 11.3 Å². The molecule has 1 aromatic heterocycles. The first-order valence-electron chi connectivity index (χ1n) is 5.41. The SMILES string of the molecule is COC(OC)C(=O)Cc1nc(C(C)(C)C)cs1. The summed E-state index contributed by atoms with van der Waals surface area (Å²) in [5.74, 6) is -0.107. The second-order valence-electron chi connectivity index (χ2n) is 4.82. The molecule has 4 nitrogen and oxygen atoms in total. The highest BCUT2D eigenvalue weighted by atomic mass is 32.1. The van der Waals surface area contributed by atoms with E-state index in [1.165, 1.54) is 25.6 Å². The van der Waals surface area contributed by atoms with Crippen molar-refractivity contribution in [1.82, 2.24) is 4.98 Å². The molecule has 0 aliphatic heterocycles. The molecule has 0 N–H and O–H groups in total. The zero-order valence-corrected chi connectivity index (χ0v) is 11.8. The molecule has 1 aromatic rings. The Kier molecular flexibility index (Phi) is 4.80. The van der Waals surface area contributed by atoms with Gasteiger partial charge in [-0.3, -0.25) is 4.79 Å². The minimum Gasteiger partial charge on any atom is -0.349 e. The van der Waals surface area contributed by atoms with Crippen LogP contribution < -0.4 is 0 Å². The summed E-state index contributed by atoms with van der Waals surface area (Å²) in [6.07, 6.45) is -0.537. The number of ether oxygens (including phenoxy) is 2. The third-order valence-corrected chi connectivity index (χ3v) is 3.19. The van der Waals surface area contributed by atoms with Crippen LogP contribution in [0.15, 0.2) is 5.38 Å². The summed E-state index contributed by atoms with van der Waals surface area (Å²) in [7, 11) is 2.91. The van der Waals surface area contributed by atoms with Gasteiger partial charge in [0.2, 0.25) is 6.29 Å². The maximum atomic E-state index is 11.8. The topological polar surface area (TPSA) is 48.4 Å². The molecule has 0 saturated heterocycles. The summed E-state index contributed by atoms with van der Waals surface area (Å²) in [5, 5.41) is 2.80. The Morgan fingerprint density at radius 1 is 1.41 bits per heavy atom. The van der Waals surface area contributed by atoms with E-state index < -0.39 is 6.29 Å². The molecular weight excluding hydrogens is 238 g/mol. The average molecular weight is 257 g/mol. The van der Waals surface area contributed by atoms with E-state index in [1.54, 1.807) is 0 Å². The molecule has 1 rings (SSSR count). The van der Waals surface area contributed by atoms with Gasteiger partial charge in [-0.2, -0.15) is 0 Å². The molecule has 0 aromatic carbocycles. The maximum Gasteiger partial charge on any atom is 0.217 e. The second kappa shape index (κ2) is 5.71. The van der Waals surface area contributed by atoms with Gasteiger partial charge in [0.1, 0.15) is 5.01 Å². The smallest absolute Gasteiger partial charge is 0.217 e. The van der Waals surface area contributed by atoms with Gasteiger partial charge in [0.25, 0.3) is 0 Å². The predicted molar refractivity (Wildman–Crippen MR) is 67.3 cm³/mol. The van der Waals surface area contributed by atoms with Crippen molar-refractivity contribution in [3.63, 3.8) is 0 Å². The van der Waals surface area contributed by atoms with Gasteiger partial charge in [0.05, 0.1) is 12.1 Å². The fraction of sp³-hybridized carbons (Fsp3) is 0.667. The van der Waals surface area contributed by atoms with Crippen molar-refractivity contribution in [3.05, 3.63) is 16.1 Å².